The molecular formula is C13H17NO3S. The predicted molar refractivity (Wildman–Crippen MR) is 69.7 cm³/mol. The minimum atomic E-state index is -2.97. The molecule has 1 rings (SSSR count). The number of benzene rings is 1. The molecule has 0 aliphatic carbocycles. The second-order valence-corrected chi connectivity index (χ2v) is 6.60. The Kier molecular flexibility index (Phi) is 5.32. The van der Waals surface area contributed by atoms with Crippen LogP contribution in [0.2, 0.25) is 0 Å². The van der Waals surface area contributed by atoms with Crippen molar-refractivity contribution in [3.63, 3.8) is 0 Å². The lowest BCUT2D eigenvalue weighted by atomic mass is 10.0. The van der Waals surface area contributed by atoms with Gasteiger partial charge in [-0.1, -0.05) is 19.1 Å². The highest BCUT2D eigenvalue weighted by molar-refractivity contribution is 7.91. The lowest BCUT2D eigenvalue weighted by molar-refractivity contribution is 0.166. The molecule has 0 amide bonds. The van der Waals surface area contributed by atoms with E-state index < -0.39 is 15.9 Å². The Morgan fingerprint density at radius 2 is 2.17 bits per heavy atom. The van der Waals surface area contributed by atoms with Gasteiger partial charge < -0.3 is 5.11 Å². The summed E-state index contributed by atoms with van der Waals surface area (Å²) in [6.45, 7) is 1.61. The summed E-state index contributed by atoms with van der Waals surface area (Å²) in [4.78, 5) is 0. The van der Waals surface area contributed by atoms with Gasteiger partial charge in [0.2, 0.25) is 0 Å². The second-order valence-electron chi connectivity index (χ2n) is 4.13. The van der Waals surface area contributed by atoms with E-state index >= 15 is 0 Å². The summed E-state index contributed by atoms with van der Waals surface area (Å²) in [6, 6.07) is 8.74. The Morgan fingerprint density at radius 1 is 1.44 bits per heavy atom. The van der Waals surface area contributed by atoms with Gasteiger partial charge in [0.05, 0.1) is 23.5 Å². The number of nitrogens with zero attached hydrogens (tertiary/aromatic N) is 1. The van der Waals surface area contributed by atoms with Crippen LogP contribution in [0.4, 0.5) is 0 Å². The van der Waals surface area contributed by atoms with Crippen molar-refractivity contribution in [2.24, 2.45) is 0 Å². The molecule has 0 aliphatic heterocycles. The maximum Gasteiger partial charge on any atom is 0.150 e. The molecule has 1 atom stereocenters. The highest BCUT2D eigenvalue weighted by Gasteiger charge is 2.11. The number of nitriles is 1. The Balaban J connectivity index is 2.56. The number of hydrogen-bond acceptors (Lipinski definition) is 4. The molecule has 1 unspecified atom stereocenters. The number of sulfone groups is 1. The SMILES string of the molecule is CCS(=O)(=O)CCCC(O)c1cccc(C#N)c1. The molecule has 0 aromatic heterocycles. The van der Waals surface area contributed by atoms with Crippen molar-refractivity contribution in [1.29, 1.82) is 5.26 Å². The standard InChI is InChI=1S/C13H17NO3S/c1-2-18(16,17)8-4-7-13(15)12-6-3-5-11(9-12)10-14/h3,5-6,9,13,15H,2,4,7-8H2,1H3. The van der Waals surface area contributed by atoms with Crippen LogP contribution < -0.4 is 0 Å². The molecule has 1 aromatic rings. The first-order valence-corrected chi connectivity index (χ1v) is 7.69. The van der Waals surface area contributed by atoms with Crippen molar-refractivity contribution in [1.82, 2.24) is 0 Å². The third kappa shape index (κ3) is 4.47. The predicted octanol–water partition coefficient (Wildman–Crippen LogP) is 1.81. The van der Waals surface area contributed by atoms with E-state index in [4.69, 9.17) is 5.26 Å². The third-order valence-corrected chi connectivity index (χ3v) is 4.56. The van der Waals surface area contributed by atoms with Gasteiger partial charge in [0.15, 0.2) is 0 Å². The van der Waals surface area contributed by atoms with Gasteiger partial charge in [-0.15, -0.1) is 0 Å². The average molecular weight is 267 g/mol. The van der Waals surface area contributed by atoms with Crippen LogP contribution in [0.1, 0.15) is 37.0 Å². The van der Waals surface area contributed by atoms with Crippen LogP contribution in [0.3, 0.4) is 0 Å². The molecule has 98 valence electrons. The van der Waals surface area contributed by atoms with E-state index in [1.54, 1.807) is 31.2 Å². The van der Waals surface area contributed by atoms with Crippen molar-refractivity contribution in [3.05, 3.63) is 35.4 Å². The van der Waals surface area contributed by atoms with Crippen LogP contribution in [-0.4, -0.2) is 25.0 Å². The molecule has 1 N–H and O–H groups in total. The zero-order chi connectivity index (χ0) is 13.6. The molecule has 0 fully saturated rings. The third-order valence-electron chi connectivity index (χ3n) is 2.77. The molecule has 0 saturated heterocycles. The van der Waals surface area contributed by atoms with Crippen LogP contribution in [0.15, 0.2) is 24.3 Å². The molecule has 18 heavy (non-hydrogen) atoms. The van der Waals surface area contributed by atoms with Crippen LogP contribution in [-0.2, 0) is 9.84 Å². The van der Waals surface area contributed by atoms with Gasteiger partial charge in [0.1, 0.15) is 9.84 Å². The van der Waals surface area contributed by atoms with E-state index in [0.29, 0.717) is 24.0 Å². The summed E-state index contributed by atoms with van der Waals surface area (Å²) in [5.41, 5.74) is 1.15. The lowest BCUT2D eigenvalue weighted by Gasteiger charge is -2.10. The maximum absolute atomic E-state index is 11.3. The number of rotatable bonds is 6. The van der Waals surface area contributed by atoms with Crippen molar-refractivity contribution >= 4 is 9.84 Å². The van der Waals surface area contributed by atoms with Gasteiger partial charge in [0, 0.05) is 5.75 Å². The van der Waals surface area contributed by atoms with Crippen molar-refractivity contribution < 1.29 is 13.5 Å². The normalized spacial score (nSPS) is 12.9. The van der Waals surface area contributed by atoms with Crippen LogP contribution >= 0.6 is 0 Å². The monoisotopic (exact) mass is 267 g/mol. The highest BCUT2D eigenvalue weighted by atomic mass is 32.2. The summed E-state index contributed by atoms with van der Waals surface area (Å²) in [6.07, 6.45) is 0.0905. The number of hydrogen-bond donors (Lipinski definition) is 1. The topological polar surface area (TPSA) is 78.2 Å². The van der Waals surface area contributed by atoms with Crippen LogP contribution in [0.5, 0.6) is 0 Å². The Labute approximate surface area is 108 Å². The Bertz CT molecular complexity index is 531. The van der Waals surface area contributed by atoms with E-state index in [1.165, 1.54) is 0 Å². The summed E-state index contributed by atoms with van der Waals surface area (Å²) in [5.74, 6) is 0.228. The largest absolute Gasteiger partial charge is 0.388 e. The molecule has 0 aliphatic rings. The molecule has 4 nitrogen and oxygen atoms in total. The molecule has 5 heteroatoms. The number of aliphatic hydroxyl groups excluding tert-OH is 1. The Hall–Kier alpha value is -1.38. The molecule has 0 bridgehead atoms. The van der Waals surface area contributed by atoms with Gasteiger partial charge >= 0.3 is 0 Å². The van der Waals surface area contributed by atoms with Gasteiger partial charge in [-0.05, 0) is 30.5 Å². The molecular weight excluding hydrogens is 250 g/mol. The average Bonchev–Trinajstić information content (AvgIpc) is 2.38. The Morgan fingerprint density at radius 3 is 2.78 bits per heavy atom. The summed E-state index contributed by atoms with van der Waals surface area (Å²) in [7, 11) is -2.97. The van der Waals surface area contributed by atoms with Crippen molar-refractivity contribution in [3.8, 4) is 6.07 Å². The fourth-order valence-electron chi connectivity index (χ4n) is 1.62. The molecule has 0 radical (unpaired) electrons. The zero-order valence-electron chi connectivity index (χ0n) is 10.3. The fraction of sp³-hybridized carbons (Fsp3) is 0.462. The van der Waals surface area contributed by atoms with E-state index in [9.17, 15) is 13.5 Å². The first kappa shape index (κ1) is 14.7. The molecule has 0 spiro atoms. The zero-order valence-corrected chi connectivity index (χ0v) is 11.2. The van der Waals surface area contributed by atoms with Gasteiger partial charge in [-0.25, -0.2) is 8.42 Å². The first-order chi connectivity index (χ1) is 8.48. The molecule has 1 aromatic carbocycles. The van der Waals surface area contributed by atoms with Crippen LogP contribution in [0.25, 0.3) is 0 Å². The smallest absolute Gasteiger partial charge is 0.150 e. The lowest BCUT2D eigenvalue weighted by Crippen LogP contribution is -2.10. The van der Waals surface area contributed by atoms with Gasteiger partial charge in [-0.3, -0.25) is 0 Å². The fourth-order valence-corrected chi connectivity index (χ4v) is 2.52. The van der Waals surface area contributed by atoms with E-state index in [0.717, 1.165) is 0 Å². The quantitative estimate of drug-likeness (QED) is 0.852. The number of aliphatic hydroxyl groups is 1. The summed E-state index contributed by atoms with van der Waals surface area (Å²) >= 11 is 0. The van der Waals surface area contributed by atoms with E-state index in [2.05, 4.69) is 0 Å². The second kappa shape index (κ2) is 6.53. The van der Waals surface area contributed by atoms with E-state index in [-0.39, 0.29) is 11.5 Å². The van der Waals surface area contributed by atoms with Crippen LogP contribution in [0, 0.1) is 11.3 Å². The van der Waals surface area contributed by atoms with Gasteiger partial charge in [0.25, 0.3) is 0 Å². The van der Waals surface area contributed by atoms with Crippen molar-refractivity contribution in [2.75, 3.05) is 11.5 Å². The molecule has 0 saturated carbocycles. The summed E-state index contributed by atoms with van der Waals surface area (Å²) < 4.78 is 22.6. The highest BCUT2D eigenvalue weighted by Crippen LogP contribution is 2.19. The minimum Gasteiger partial charge on any atom is -0.388 e. The maximum atomic E-state index is 11.3. The molecule has 0 heterocycles. The van der Waals surface area contributed by atoms with E-state index in [1.807, 2.05) is 6.07 Å². The summed E-state index contributed by atoms with van der Waals surface area (Å²) in [5, 5.41) is 18.7. The van der Waals surface area contributed by atoms with Crippen molar-refractivity contribution in [2.45, 2.75) is 25.9 Å². The first-order valence-electron chi connectivity index (χ1n) is 5.87. The minimum absolute atomic E-state index is 0.0957. The van der Waals surface area contributed by atoms with Gasteiger partial charge in [-0.2, -0.15) is 5.26 Å².